The van der Waals surface area contributed by atoms with Gasteiger partial charge >= 0.3 is 5.97 Å². The zero-order valence-electron chi connectivity index (χ0n) is 18.5. The lowest BCUT2D eigenvalue weighted by Gasteiger charge is -2.53. The smallest absolute Gasteiger partial charge is 0.311 e. The lowest BCUT2D eigenvalue weighted by Crippen LogP contribution is -2.59. The number of Topliss-reactive ketones (excluding diaryl/α,β-unsaturated/α-hetero) is 1. The third-order valence-corrected chi connectivity index (χ3v) is 8.72. The molecule has 12 atom stereocenters. The second-order valence-corrected chi connectivity index (χ2v) is 10.7. The molecule has 0 aromatic heterocycles. The minimum Gasteiger partial charge on any atom is -0.431 e. The van der Waals surface area contributed by atoms with Crippen molar-refractivity contribution in [2.24, 2.45) is 29.6 Å². The van der Waals surface area contributed by atoms with E-state index in [1.807, 2.05) is 0 Å². The second kappa shape index (κ2) is 9.02. The molecule has 0 spiro atoms. The van der Waals surface area contributed by atoms with Gasteiger partial charge in [0.1, 0.15) is 11.9 Å². The van der Waals surface area contributed by atoms with E-state index in [0.717, 1.165) is 0 Å². The van der Waals surface area contributed by atoms with Crippen molar-refractivity contribution in [3.8, 4) is 0 Å². The number of rotatable bonds is 2. The van der Waals surface area contributed by atoms with Crippen LogP contribution in [0.5, 0.6) is 0 Å². The largest absolute Gasteiger partial charge is 0.431 e. The fourth-order valence-electron chi connectivity index (χ4n) is 6.96. The molecule has 11 unspecified atom stereocenters. The Morgan fingerprint density at radius 3 is 2.24 bits per heavy atom. The summed E-state index contributed by atoms with van der Waals surface area (Å²) in [5.41, 5.74) is 0. The summed E-state index contributed by atoms with van der Waals surface area (Å²) in [6.07, 6.45) is -0.873. The monoisotopic (exact) mass is 466 g/mol. The third kappa shape index (κ3) is 4.28. The fourth-order valence-corrected chi connectivity index (χ4v) is 6.96. The number of ketones is 1. The third-order valence-electron chi connectivity index (χ3n) is 8.72. The van der Waals surface area contributed by atoms with E-state index in [2.05, 4.69) is 0 Å². The average molecular weight is 467 g/mol. The number of aliphatic hydroxyl groups excluding tert-OH is 5. The molecule has 0 aromatic carbocycles. The van der Waals surface area contributed by atoms with E-state index in [1.54, 1.807) is 6.08 Å². The van der Waals surface area contributed by atoms with Crippen molar-refractivity contribution in [1.29, 1.82) is 0 Å². The maximum Gasteiger partial charge on any atom is 0.311 e. The average Bonchev–Trinajstić information content (AvgIpc) is 2.77. The molecule has 2 saturated carbocycles. The Bertz CT molecular complexity index is 812. The predicted octanol–water partition coefficient (Wildman–Crippen LogP) is -0.189. The van der Waals surface area contributed by atoms with Crippen LogP contribution in [-0.2, 0) is 19.1 Å². The van der Waals surface area contributed by atoms with Gasteiger partial charge in [0, 0.05) is 24.7 Å². The first-order valence-corrected chi connectivity index (χ1v) is 12.2. The first-order chi connectivity index (χ1) is 15.7. The summed E-state index contributed by atoms with van der Waals surface area (Å²) in [7, 11) is 0. The Kier molecular flexibility index (Phi) is 6.39. The molecule has 2 heterocycles. The summed E-state index contributed by atoms with van der Waals surface area (Å²) in [5.74, 6) is -1.41. The number of esters is 1. The van der Waals surface area contributed by atoms with E-state index in [1.165, 1.54) is 0 Å². The number of ether oxygens (including phenoxy) is 2. The molecular weight excluding hydrogens is 432 g/mol. The van der Waals surface area contributed by atoms with Gasteiger partial charge in [-0.05, 0) is 62.4 Å². The van der Waals surface area contributed by atoms with Gasteiger partial charge in [0.2, 0.25) is 0 Å². The number of fused-ring (bicyclic) bond motifs is 3. The summed E-state index contributed by atoms with van der Waals surface area (Å²) in [5, 5.41) is 51.6. The molecule has 9 nitrogen and oxygen atoms in total. The molecule has 0 aromatic rings. The Morgan fingerprint density at radius 1 is 0.758 bits per heavy atom. The van der Waals surface area contributed by atoms with Gasteiger partial charge in [0.15, 0.2) is 5.78 Å². The minimum absolute atomic E-state index is 0.0985. The highest BCUT2D eigenvalue weighted by Crippen LogP contribution is 2.51. The van der Waals surface area contributed by atoms with Crippen LogP contribution in [-0.4, -0.2) is 80.0 Å². The fraction of sp³-hybridized carbons (Fsp3) is 0.833. The van der Waals surface area contributed by atoms with Crippen LogP contribution in [0, 0.1) is 29.6 Å². The quantitative estimate of drug-likeness (QED) is 0.348. The lowest BCUT2D eigenvalue weighted by atomic mass is 9.63. The molecule has 3 aliphatic carbocycles. The van der Waals surface area contributed by atoms with Crippen LogP contribution in [0.25, 0.3) is 0 Å². The van der Waals surface area contributed by atoms with Crippen LogP contribution in [0.3, 0.4) is 0 Å². The normalized spacial score (nSPS) is 50.6. The Hall–Kier alpha value is -1.36. The molecule has 9 heteroatoms. The molecule has 184 valence electrons. The number of hydrogen-bond acceptors (Lipinski definition) is 9. The van der Waals surface area contributed by atoms with Crippen LogP contribution < -0.4 is 0 Å². The van der Waals surface area contributed by atoms with E-state index < -0.39 is 48.7 Å². The molecule has 0 bridgehead atoms. The number of carbonyl (C=O) groups is 2. The van der Waals surface area contributed by atoms with Gasteiger partial charge in [0.25, 0.3) is 0 Å². The van der Waals surface area contributed by atoms with Crippen molar-refractivity contribution in [3.63, 3.8) is 0 Å². The van der Waals surface area contributed by atoms with Crippen molar-refractivity contribution in [2.45, 2.75) is 94.1 Å². The van der Waals surface area contributed by atoms with E-state index in [-0.39, 0.29) is 48.2 Å². The van der Waals surface area contributed by atoms with Crippen molar-refractivity contribution in [2.75, 3.05) is 0 Å². The van der Waals surface area contributed by atoms with E-state index in [0.29, 0.717) is 44.3 Å². The Balaban J connectivity index is 1.42. The van der Waals surface area contributed by atoms with Gasteiger partial charge in [-0.25, -0.2) is 0 Å². The van der Waals surface area contributed by atoms with Gasteiger partial charge in [-0.3, -0.25) is 9.59 Å². The molecular formula is C24H34O9. The zero-order valence-corrected chi connectivity index (χ0v) is 18.5. The van der Waals surface area contributed by atoms with Gasteiger partial charge in [-0.1, -0.05) is 0 Å². The summed E-state index contributed by atoms with van der Waals surface area (Å²) < 4.78 is 12.0. The van der Waals surface area contributed by atoms with E-state index in [9.17, 15) is 35.1 Å². The highest BCUT2D eigenvalue weighted by Gasteiger charge is 2.55. The second-order valence-electron chi connectivity index (χ2n) is 10.7. The maximum atomic E-state index is 12.4. The summed E-state index contributed by atoms with van der Waals surface area (Å²) >= 11 is 0. The van der Waals surface area contributed by atoms with Crippen LogP contribution in [0.1, 0.15) is 51.4 Å². The van der Waals surface area contributed by atoms with Gasteiger partial charge in [-0.15, -0.1) is 0 Å². The lowest BCUT2D eigenvalue weighted by molar-refractivity contribution is -0.220. The van der Waals surface area contributed by atoms with Gasteiger partial charge < -0.3 is 35.0 Å². The van der Waals surface area contributed by atoms with Crippen LogP contribution in [0.15, 0.2) is 11.8 Å². The highest BCUT2D eigenvalue weighted by atomic mass is 16.5. The molecule has 5 N–H and O–H groups in total. The Morgan fingerprint density at radius 2 is 1.52 bits per heavy atom. The number of hydrogen-bond donors (Lipinski definition) is 5. The molecule has 5 aliphatic rings. The van der Waals surface area contributed by atoms with E-state index in [4.69, 9.17) is 9.47 Å². The molecule has 4 fully saturated rings. The first-order valence-electron chi connectivity index (χ1n) is 12.2. The van der Waals surface area contributed by atoms with Crippen molar-refractivity contribution < 1.29 is 44.6 Å². The molecule has 33 heavy (non-hydrogen) atoms. The maximum absolute atomic E-state index is 12.4. The van der Waals surface area contributed by atoms with Crippen molar-refractivity contribution in [1.82, 2.24) is 0 Å². The van der Waals surface area contributed by atoms with Gasteiger partial charge in [0.05, 0.1) is 36.6 Å². The molecule has 5 rings (SSSR count). The standard InChI is InChI=1S/C24H34O9/c25-14-3-1-10(5-17(14)28)12-8-21(31)32-20-9-16(27)13-7-19(30)23(33-24(13)22(12)20)11-2-4-15(26)18(29)6-11/h9-16,18-19,22-27,29-30H,1-8H2/t10?,11?,12-,13?,14?,15?,16?,18?,19?,22?,23?,24?/m1/s1. The molecule has 0 radical (unpaired) electrons. The van der Waals surface area contributed by atoms with Crippen LogP contribution in [0.2, 0.25) is 0 Å². The number of carbonyl (C=O) groups excluding carboxylic acids is 2. The first kappa shape index (κ1) is 23.4. The summed E-state index contributed by atoms with van der Waals surface area (Å²) in [6.45, 7) is 0. The van der Waals surface area contributed by atoms with Gasteiger partial charge in [-0.2, -0.15) is 0 Å². The summed E-state index contributed by atoms with van der Waals surface area (Å²) in [4.78, 5) is 24.7. The van der Waals surface area contributed by atoms with Crippen molar-refractivity contribution in [3.05, 3.63) is 11.8 Å². The summed E-state index contributed by atoms with van der Waals surface area (Å²) in [6, 6.07) is 0. The van der Waals surface area contributed by atoms with Crippen LogP contribution in [0.4, 0.5) is 0 Å². The topological polar surface area (TPSA) is 154 Å². The number of aliphatic hydroxyl groups is 5. The zero-order chi connectivity index (χ0) is 23.4. The minimum atomic E-state index is -0.953. The highest BCUT2D eigenvalue weighted by molar-refractivity contribution is 5.84. The molecule has 2 aliphatic heterocycles. The van der Waals surface area contributed by atoms with E-state index >= 15 is 0 Å². The van der Waals surface area contributed by atoms with Crippen LogP contribution >= 0.6 is 0 Å². The predicted molar refractivity (Wildman–Crippen MR) is 112 cm³/mol. The Labute approximate surface area is 192 Å². The molecule has 2 saturated heterocycles. The SMILES string of the molecule is O=C1C[C@H](C2CCC(O)C(=O)C2)C2C(=CC(O)C3CC(O)C(C4CCC(O)C(O)C4)OC32)O1. The van der Waals surface area contributed by atoms with Crippen molar-refractivity contribution >= 4 is 11.8 Å². The molecule has 0 amide bonds.